The van der Waals surface area contributed by atoms with Crippen molar-refractivity contribution in [2.75, 3.05) is 5.32 Å². The van der Waals surface area contributed by atoms with E-state index in [-0.39, 0.29) is 29.6 Å². The second-order valence-corrected chi connectivity index (χ2v) is 10.6. The molecule has 11 heteroatoms. The number of aryl methyl sites for hydroxylation is 1. The van der Waals surface area contributed by atoms with Gasteiger partial charge in [-0.25, -0.2) is 29.3 Å². The van der Waals surface area contributed by atoms with Crippen LogP contribution in [-0.2, 0) is 11.8 Å². The number of pyridine rings is 2. The fraction of sp³-hybridized carbons (Fsp3) is 0.267. The highest BCUT2D eigenvalue weighted by molar-refractivity contribution is 5.89. The SMILES string of the molecule is C=CC(=O)N1[C@@H]2CC[C@H]1[C@H](c1ccc3ncnc(Nc4ccc(Oc5cnc6c(c5)ncn6C)c(C)c4F)c3n1)C2. The second kappa shape index (κ2) is 9.61. The number of imidazole rings is 1. The first-order chi connectivity index (χ1) is 19.9. The predicted octanol–water partition coefficient (Wildman–Crippen LogP) is 5.32. The molecule has 0 radical (unpaired) electrons. The molecular weight excluding hydrogens is 523 g/mol. The molecule has 2 saturated heterocycles. The zero-order valence-electron chi connectivity index (χ0n) is 22.6. The van der Waals surface area contributed by atoms with Crippen LogP contribution in [0.1, 0.15) is 36.4 Å². The van der Waals surface area contributed by atoms with Gasteiger partial charge in [-0.3, -0.25) is 4.79 Å². The highest BCUT2D eigenvalue weighted by Crippen LogP contribution is 2.46. The molecule has 2 fully saturated rings. The van der Waals surface area contributed by atoms with Crippen LogP contribution in [0.4, 0.5) is 15.9 Å². The molecule has 2 aliphatic heterocycles. The Hall–Kier alpha value is -4.93. The standard InChI is InChI=1S/C30H27FN8O2/c1-4-26(40)39-17-5-9-24(39)19(11-17)20-6-7-22-28(36-20)29(34-14-33-22)37-21-8-10-25(16(2)27(21)31)41-18-12-23-30(32-13-18)38(3)15-35-23/h4,6-8,10,12-15,17,19,24H,1,5,9,11H2,2-3H3,(H,33,34,37)/t17-,19+,24+/m1/s1. The van der Waals surface area contributed by atoms with E-state index in [1.807, 2.05) is 28.6 Å². The number of nitrogens with one attached hydrogen (secondary N) is 1. The van der Waals surface area contributed by atoms with E-state index in [9.17, 15) is 4.79 Å². The predicted molar refractivity (Wildman–Crippen MR) is 152 cm³/mol. The van der Waals surface area contributed by atoms with E-state index >= 15 is 4.39 Å². The molecule has 2 aliphatic rings. The lowest BCUT2D eigenvalue weighted by Gasteiger charge is -2.23. The van der Waals surface area contributed by atoms with E-state index in [0.717, 1.165) is 30.6 Å². The lowest BCUT2D eigenvalue weighted by atomic mass is 9.86. The zero-order valence-corrected chi connectivity index (χ0v) is 22.6. The highest BCUT2D eigenvalue weighted by Gasteiger charge is 2.48. The Morgan fingerprint density at radius 2 is 2.02 bits per heavy atom. The fourth-order valence-electron chi connectivity index (χ4n) is 6.19. The number of ether oxygens (including phenoxy) is 1. The molecule has 10 nitrogen and oxygen atoms in total. The summed E-state index contributed by atoms with van der Waals surface area (Å²) in [6.45, 7) is 5.32. The van der Waals surface area contributed by atoms with Crippen molar-refractivity contribution in [3.05, 3.63) is 78.9 Å². The number of anilines is 2. The van der Waals surface area contributed by atoms with Crippen LogP contribution in [0.2, 0.25) is 0 Å². The van der Waals surface area contributed by atoms with Crippen LogP contribution in [0.5, 0.6) is 11.5 Å². The van der Waals surface area contributed by atoms with E-state index in [4.69, 9.17) is 9.72 Å². The summed E-state index contributed by atoms with van der Waals surface area (Å²) in [7, 11) is 1.86. The van der Waals surface area contributed by atoms with Crippen LogP contribution in [0.25, 0.3) is 22.2 Å². The number of hydrogen-bond acceptors (Lipinski definition) is 8. The first kappa shape index (κ1) is 25.1. The number of hydrogen-bond donors (Lipinski definition) is 1. The van der Waals surface area contributed by atoms with Crippen molar-refractivity contribution in [3.8, 4) is 11.5 Å². The van der Waals surface area contributed by atoms with Gasteiger partial charge in [-0.1, -0.05) is 6.58 Å². The van der Waals surface area contributed by atoms with Crippen LogP contribution in [0, 0.1) is 12.7 Å². The van der Waals surface area contributed by atoms with Crippen LogP contribution in [-0.4, -0.2) is 52.4 Å². The van der Waals surface area contributed by atoms with Gasteiger partial charge in [-0.05, 0) is 56.5 Å². The molecule has 2 bridgehead atoms. The van der Waals surface area contributed by atoms with Gasteiger partial charge in [-0.2, -0.15) is 0 Å². The molecule has 5 aromatic rings. The number of amides is 1. The Kier molecular flexibility index (Phi) is 5.88. The van der Waals surface area contributed by atoms with Gasteiger partial charge < -0.3 is 19.5 Å². The monoisotopic (exact) mass is 550 g/mol. The molecular formula is C30H27FN8O2. The number of carbonyl (C=O) groups is 1. The van der Waals surface area contributed by atoms with Crippen LogP contribution in [0.15, 0.2) is 61.8 Å². The van der Waals surface area contributed by atoms with Gasteiger partial charge in [0, 0.05) is 42.4 Å². The van der Waals surface area contributed by atoms with Crippen molar-refractivity contribution in [2.45, 2.75) is 44.2 Å². The summed E-state index contributed by atoms with van der Waals surface area (Å²) in [4.78, 5) is 36.8. The number of halogens is 1. The molecule has 3 atom stereocenters. The maximum Gasteiger partial charge on any atom is 0.246 e. The average molecular weight is 551 g/mol. The summed E-state index contributed by atoms with van der Waals surface area (Å²) in [5, 5.41) is 3.11. The maximum atomic E-state index is 15.6. The number of aromatic nitrogens is 6. The second-order valence-electron chi connectivity index (χ2n) is 10.6. The van der Waals surface area contributed by atoms with Gasteiger partial charge in [0.1, 0.15) is 28.9 Å². The van der Waals surface area contributed by atoms with E-state index < -0.39 is 5.82 Å². The molecule has 1 aromatic carbocycles. The molecule has 6 heterocycles. The number of nitrogens with zero attached hydrogens (tertiary/aromatic N) is 7. The number of benzene rings is 1. The molecule has 0 spiro atoms. The minimum atomic E-state index is -0.469. The van der Waals surface area contributed by atoms with Crippen molar-refractivity contribution >= 4 is 39.6 Å². The quantitative estimate of drug-likeness (QED) is 0.283. The van der Waals surface area contributed by atoms with E-state index in [2.05, 4.69) is 31.8 Å². The van der Waals surface area contributed by atoms with Crippen molar-refractivity contribution in [2.24, 2.45) is 7.05 Å². The van der Waals surface area contributed by atoms with Crippen LogP contribution in [0.3, 0.4) is 0 Å². The van der Waals surface area contributed by atoms with Gasteiger partial charge in [0.05, 0.1) is 23.7 Å². The van der Waals surface area contributed by atoms with E-state index in [1.165, 1.54) is 12.4 Å². The van der Waals surface area contributed by atoms with Gasteiger partial charge >= 0.3 is 0 Å². The third-order valence-corrected chi connectivity index (χ3v) is 8.19. The first-order valence-corrected chi connectivity index (χ1v) is 13.5. The molecule has 0 saturated carbocycles. The Labute approximate surface area is 234 Å². The molecule has 1 N–H and O–H groups in total. The number of fused-ring (bicyclic) bond motifs is 4. The maximum absolute atomic E-state index is 15.6. The first-order valence-electron chi connectivity index (χ1n) is 13.5. The average Bonchev–Trinajstić information content (AvgIpc) is 3.69. The van der Waals surface area contributed by atoms with Crippen LogP contribution >= 0.6 is 0 Å². The molecule has 7 rings (SSSR count). The lowest BCUT2D eigenvalue weighted by molar-refractivity contribution is -0.127. The van der Waals surface area contributed by atoms with Crippen molar-refractivity contribution < 1.29 is 13.9 Å². The highest BCUT2D eigenvalue weighted by atomic mass is 19.1. The summed E-state index contributed by atoms with van der Waals surface area (Å²) in [6.07, 6.45) is 8.88. The smallest absolute Gasteiger partial charge is 0.246 e. The molecule has 0 unspecified atom stereocenters. The summed E-state index contributed by atoms with van der Waals surface area (Å²) < 4.78 is 23.4. The zero-order chi connectivity index (χ0) is 28.2. The molecule has 206 valence electrons. The Morgan fingerprint density at radius 1 is 1.15 bits per heavy atom. The summed E-state index contributed by atoms with van der Waals surface area (Å²) in [5.74, 6) is 0.850. The Bertz CT molecular complexity index is 1850. The third-order valence-electron chi connectivity index (χ3n) is 8.19. The summed E-state index contributed by atoms with van der Waals surface area (Å²) in [5.41, 5.74) is 4.05. The third kappa shape index (κ3) is 4.16. The Balaban J connectivity index is 1.17. The topological polar surface area (TPSA) is 111 Å². The lowest BCUT2D eigenvalue weighted by Crippen LogP contribution is -2.34. The van der Waals surface area contributed by atoms with Crippen LogP contribution < -0.4 is 10.1 Å². The normalized spacial score (nSPS) is 19.7. The summed E-state index contributed by atoms with van der Waals surface area (Å²) >= 11 is 0. The molecule has 41 heavy (non-hydrogen) atoms. The Morgan fingerprint density at radius 3 is 2.88 bits per heavy atom. The van der Waals surface area contributed by atoms with E-state index in [0.29, 0.717) is 39.4 Å². The van der Waals surface area contributed by atoms with E-state index in [1.54, 1.807) is 37.6 Å². The number of rotatable bonds is 6. The molecule has 0 aliphatic carbocycles. The minimum absolute atomic E-state index is 0.0294. The van der Waals surface area contributed by atoms with Gasteiger partial charge in [0.25, 0.3) is 0 Å². The van der Waals surface area contributed by atoms with Crippen molar-refractivity contribution in [3.63, 3.8) is 0 Å². The van der Waals surface area contributed by atoms with Gasteiger partial charge in [0.2, 0.25) is 5.91 Å². The fourth-order valence-corrected chi connectivity index (χ4v) is 6.19. The number of carbonyl (C=O) groups excluding carboxylic acids is 1. The van der Waals surface area contributed by atoms with Crippen molar-refractivity contribution in [1.82, 2.24) is 34.4 Å². The largest absolute Gasteiger partial charge is 0.455 e. The van der Waals surface area contributed by atoms with Crippen molar-refractivity contribution in [1.29, 1.82) is 0 Å². The van der Waals surface area contributed by atoms with Gasteiger partial charge in [-0.15, -0.1) is 0 Å². The molecule has 1 amide bonds. The minimum Gasteiger partial charge on any atom is -0.455 e. The molecule has 4 aromatic heterocycles. The summed E-state index contributed by atoms with van der Waals surface area (Å²) in [6, 6.07) is 9.25. The van der Waals surface area contributed by atoms with Gasteiger partial charge in [0.15, 0.2) is 17.3 Å².